The van der Waals surface area contributed by atoms with E-state index in [9.17, 15) is 19.7 Å². The van der Waals surface area contributed by atoms with E-state index in [0.29, 0.717) is 32.4 Å². The van der Waals surface area contributed by atoms with Gasteiger partial charge in [0.05, 0.1) is 6.61 Å². The quantitative estimate of drug-likeness (QED) is 0.446. The van der Waals surface area contributed by atoms with E-state index in [0.717, 1.165) is 5.56 Å². The first kappa shape index (κ1) is 23.3. The first-order valence-corrected chi connectivity index (χ1v) is 10.3. The molecule has 1 saturated heterocycles. The number of ether oxygens (including phenoxy) is 2. The van der Waals surface area contributed by atoms with Gasteiger partial charge in [0, 0.05) is 39.3 Å². The molecule has 0 saturated carbocycles. The topological polar surface area (TPSA) is 135 Å². The molecule has 3 rings (SSSR count). The Kier molecular flexibility index (Phi) is 7.10. The largest absolute Gasteiger partial charge is 0.535 e. The van der Waals surface area contributed by atoms with Crippen LogP contribution in [0.1, 0.15) is 22.8 Å². The summed E-state index contributed by atoms with van der Waals surface area (Å²) in [6.07, 6.45) is 0.789. The lowest BCUT2D eigenvalue weighted by Gasteiger charge is -2.43. The zero-order valence-electron chi connectivity index (χ0n) is 18.2. The molecule has 0 spiro atoms. The van der Waals surface area contributed by atoms with Gasteiger partial charge in [0.25, 0.3) is 0 Å². The molecule has 1 aromatic carbocycles. The Labute approximate surface area is 182 Å². The first-order chi connectivity index (χ1) is 14.6. The van der Waals surface area contributed by atoms with Gasteiger partial charge >= 0.3 is 13.1 Å². The van der Waals surface area contributed by atoms with Gasteiger partial charge in [-0.1, -0.05) is 6.07 Å². The molecule has 2 aliphatic heterocycles. The number of rotatable bonds is 9. The molecular formula is C20H30BN3O7. The Morgan fingerprint density at radius 3 is 2.74 bits per heavy atom. The lowest BCUT2D eigenvalue weighted by atomic mass is 9.78. The van der Waals surface area contributed by atoms with Crippen LogP contribution in [-0.2, 0) is 16.0 Å². The van der Waals surface area contributed by atoms with Gasteiger partial charge in [-0.05, 0) is 31.3 Å². The summed E-state index contributed by atoms with van der Waals surface area (Å²) in [5.74, 6) is -0.870. The van der Waals surface area contributed by atoms with E-state index in [1.165, 1.54) is 4.90 Å². The zero-order valence-corrected chi connectivity index (χ0v) is 18.2. The number of likely N-dealkylation sites (N-methyl/N-ethyl adjacent to an activating group) is 1. The van der Waals surface area contributed by atoms with E-state index in [1.807, 2.05) is 6.92 Å². The number of fused-ring (bicyclic) bond motifs is 1. The van der Waals surface area contributed by atoms with Crippen LogP contribution >= 0.6 is 0 Å². The summed E-state index contributed by atoms with van der Waals surface area (Å²) >= 11 is 0. The highest BCUT2D eigenvalue weighted by molar-refractivity contribution is 6.44. The highest BCUT2D eigenvalue weighted by Gasteiger charge is 2.36. The zero-order chi connectivity index (χ0) is 22.8. The van der Waals surface area contributed by atoms with E-state index in [4.69, 9.17) is 19.9 Å². The minimum absolute atomic E-state index is 0.0153. The van der Waals surface area contributed by atoms with Gasteiger partial charge in [0.15, 0.2) is 0 Å². The van der Waals surface area contributed by atoms with E-state index in [-0.39, 0.29) is 42.3 Å². The number of carbonyl (C=O) groups excluding carboxylic acids is 1. The van der Waals surface area contributed by atoms with Crippen LogP contribution < -0.4 is 15.1 Å². The number of nitrogens with zero attached hydrogens (tertiary/aromatic N) is 2. The van der Waals surface area contributed by atoms with E-state index >= 15 is 0 Å². The lowest BCUT2D eigenvalue weighted by Crippen LogP contribution is -2.61. The number of amides is 1. The average Bonchev–Trinajstić information content (AvgIpc) is 2.65. The second-order valence-corrected chi connectivity index (χ2v) is 8.71. The van der Waals surface area contributed by atoms with Crippen LogP contribution in [0.15, 0.2) is 12.1 Å². The van der Waals surface area contributed by atoms with Gasteiger partial charge in [-0.3, -0.25) is 9.69 Å². The molecule has 0 bridgehead atoms. The molecule has 4 N–H and O–H groups in total. The molecule has 2 heterocycles. The summed E-state index contributed by atoms with van der Waals surface area (Å²) in [4.78, 5) is 27.0. The number of carboxylic acids is 1. The fraction of sp³-hybridized carbons (Fsp3) is 0.600. The molecule has 1 fully saturated rings. The Morgan fingerprint density at radius 1 is 1.39 bits per heavy atom. The molecule has 1 amide bonds. The highest BCUT2D eigenvalue weighted by atomic mass is 16.5. The van der Waals surface area contributed by atoms with Crippen molar-refractivity contribution in [3.8, 4) is 11.5 Å². The number of likely N-dealkylation sites (tertiary alicyclic amines) is 1. The highest BCUT2D eigenvalue weighted by Crippen LogP contribution is 2.37. The lowest BCUT2D eigenvalue weighted by molar-refractivity contribution is -0.134. The minimum atomic E-state index is -1.16. The van der Waals surface area contributed by atoms with Gasteiger partial charge in [-0.15, -0.1) is 0 Å². The van der Waals surface area contributed by atoms with Crippen LogP contribution in [0.5, 0.6) is 11.5 Å². The van der Waals surface area contributed by atoms with Gasteiger partial charge in [0.2, 0.25) is 5.91 Å². The number of nitrogens with two attached hydrogens (primary N) is 1. The van der Waals surface area contributed by atoms with Crippen molar-refractivity contribution in [1.82, 2.24) is 9.80 Å². The molecule has 31 heavy (non-hydrogen) atoms. The Morgan fingerprint density at radius 2 is 2.10 bits per heavy atom. The third kappa shape index (κ3) is 5.88. The van der Waals surface area contributed by atoms with Crippen LogP contribution in [0, 0.1) is 0 Å². The maximum absolute atomic E-state index is 11.8. The number of hydrogen-bond donors (Lipinski definition) is 3. The van der Waals surface area contributed by atoms with Crippen molar-refractivity contribution in [3.63, 3.8) is 0 Å². The van der Waals surface area contributed by atoms with E-state index in [2.05, 4.69) is 4.90 Å². The predicted molar refractivity (Wildman–Crippen MR) is 113 cm³/mol. The van der Waals surface area contributed by atoms with Crippen molar-refractivity contribution in [1.29, 1.82) is 0 Å². The van der Waals surface area contributed by atoms with Crippen molar-refractivity contribution in [2.45, 2.75) is 31.3 Å². The Hall–Kier alpha value is -2.34. The second-order valence-electron chi connectivity index (χ2n) is 8.71. The summed E-state index contributed by atoms with van der Waals surface area (Å²) in [6.45, 7) is 3.80. The van der Waals surface area contributed by atoms with Gasteiger partial charge in [-0.25, -0.2) is 4.79 Å². The maximum atomic E-state index is 11.8. The minimum Gasteiger partial charge on any atom is -0.535 e. The number of hydrogen-bond acceptors (Lipinski definition) is 8. The fourth-order valence-corrected chi connectivity index (χ4v) is 3.68. The Bertz CT molecular complexity index is 827. The van der Waals surface area contributed by atoms with E-state index < -0.39 is 18.6 Å². The van der Waals surface area contributed by atoms with Crippen molar-refractivity contribution < 1.29 is 33.8 Å². The summed E-state index contributed by atoms with van der Waals surface area (Å²) in [6, 6.07) is 3.43. The van der Waals surface area contributed by atoms with Crippen LogP contribution in [0.25, 0.3) is 0 Å². The third-order valence-electron chi connectivity index (χ3n) is 5.29. The molecule has 1 unspecified atom stereocenters. The maximum Gasteiger partial charge on any atom is 0.522 e. The number of aromatic carboxylic acids is 1. The molecule has 1 aromatic rings. The summed E-state index contributed by atoms with van der Waals surface area (Å²) in [7, 11) is 2.32. The van der Waals surface area contributed by atoms with E-state index in [1.54, 1.807) is 26.2 Å². The molecule has 11 heteroatoms. The van der Waals surface area contributed by atoms with Crippen molar-refractivity contribution in [3.05, 3.63) is 23.3 Å². The standard InChI is InChI=1S/C20H30BN3O7/c1-20(22,12-29-10-16(25)23(2)3)11-24-8-14(9-24)30-15-5-4-13-6-7-21(28)31-18(13)17(15)19(26)27/h4-5,14,28H,6-12,22H2,1-3H3,(H,26,27). The summed E-state index contributed by atoms with van der Waals surface area (Å²) in [5, 5.41) is 19.4. The number of carboxylic acid groups (broad SMARTS) is 1. The number of carbonyl (C=O) groups is 2. The first-order valence-electron chi connectivity index (χ1n) is 10.3. The fourth-order valence-electron chi connectivity index (χ4n) is 3.68. The smallest absolute Gasteiger partial charge is 0.522 e. The molecule has 0 radical (unpaired) electrons. The molecular weight excluding hydrogens is 405 g/mol. The van der Waals surface area contributed by atoms with Crippen molar-refractivity contribution in [2.24, 2.45) is 5.73 Å². The van der Waals surface area contributed by atoms with Gasteiger partial charge < -0.3 is 34.9 Å². The average molecular weight is 435 g/mol. The molecule has 1 atom stereocenters. The van der Waals surface area contributed by atoms with Crippen LogP contribution in [0.4, 0.5) is 0 Å². The third-order valence-corrected chi connectivity index (χ3v) is 5.29. The van der Waals surface area contributed by atoms with Crippen LogP contribution in [-0.4, -0.2) is 97.5 Å². The second kappa shape index (κ2) is 9.43. The number of benzene rings is 1. The monoisotopic (exact) mass is 435 g/mol. The molecule has 0 aliphatic carbocycles. The Balaban J connectivity index is 1.52. The molecule has 170 valence electrons. The SMILES string of the molecule is CN(C)C(=O)COCC(C)(N)CN1CC(Oc2ccc3c(c2C(=O)O)OB(O)CC3)C1. The molecule has 2 aliphatic rings. The number of aryl methyl sites for hydroxylation is 1. The summed E-state index contributed by atoms with van der Waals surface area (Å²) < 4.78 is 16.7. The normalized spacial score (nSPS) is 18.4. The molecule has 10 nitrogen and oxygen atoms in total. The van der Waals surface area contributed by atoms with Crippen molar-refractivity contribution >= 4 is 19.0 Å². The van der Waals surface area contributed by atoms with Crippen molar-refractivity contribution in [2.75, 3.05) is 46.9 Å². The van der Waals surface area contributed by atoms with Crippen LogP contribution in [0.2, 0.25) is 6.32 Å². The van der Waals surface area contributed by atoms with Gasteiger partial charge in [-0.2, -0.15) is 0 Å². The van der Waals surface area contributed by atoms with Crippen LogP contribution in [0.3, 0.4) is 0 Å². The van der Waals surface area contributed by atoms with Gasteiger partial charge in [0.1, 0.15) is 29.8 Å². The predicted octanol–water partition coefficient (Wildman–Crippen LogP) is -0.315. The molecule has 0 aromatic heterocycles. The summed E-state index contributed by atoms with van der Waals surface area (Å²) in [5.41, 5.74) is 6.34.